The van der Waals surface area contributed by atoms with Gasteiger partial charge in [0.05, 0.1) is 0 Å². The molecule has 0 aromatic heterocycles. The van der Waals surface area contributed by atoms with Crippen LogP contribution in [0.2, 0.25) is 5.02 Å². The summed E-state index contributed by atoms with van der Waals surface area (Å²) in [5.41, 5.74) is -0.254. The molecule has 1 unspecified atom stereocenters. The van der Waals surface area contributed by atoms with Crippen LogP contribution in [0.4, 0.5) is 19.3 Å². The maximum atomic E-state index is 14.4. The number of nitrogens with zero attached hydrogens (tertiary/aromatic N) is 2. The Bertz CT molecular complexity index is 1340. The van der Waals surface area contributed by atoms with Gasteiger partial charge in [0.1, 0.15) is 41.0 Å². The van der Waals surface area contributed by atoms with Crippen molar-refractivity contribution in [3.8, 4) is 0 Å². The van der Waals surface area contributed by atoms with E-state index in [9.17, 15) is 28.0 Å². The molecular weight excluding hydrogens is 570 g/mol. The number of carbonyl (C=O) groups excluding carboxylic acids is 4. The second-order valence-corrected chi connectivity index (χ2v) is 12.0. The molecule has 1 aliphatic rings. The molecule has 0 spiro atoms. The summed E-state index contributed by atoms with van der Waals surface area (Å²) >= 11 is 6.17. The lowest BCUT2D eigenvalue weighted by molar-refractivity contribution is -0.144. The van der Waals surface area contributed by atoms with Crippen LogP contribution in [0.5, 0.6) is 0 Å². The Hall–Kier alpha value is -3.73. The van der Waals surface area contributed by atoms with Crippen LogP contribution in [0.3, 0.4) is 0 Å². The Morgan fingerprint density at radius 2 is 1.69 bits per heavy atom. The maximum Gasteiger partial charge on any atom is 0.410 e. The minimum Gasteiger partial charge on any atom is -0.444 e. The van der Waals surface area contributed by atoms with E-state index in [1.807, 2.05) is 0 Å². The zero-order valence-electron chi connectivity index (χ0n) is 24.8. The van der Waals surface area contributed by atoms with Crippen molar-refractivity contribution in [3.63, 3.8) is 0 Å². The second-order valence-electron chi connectivity index (χ2n) is 11.6. The summed E-state index contributed by atoms with van der Waals surface area (Å²) < 4.78 is 34.2. The van der Waals surface area contributed by atoms with E-state index in [4.69, 9.17) is 16.3 Å². The van der Waals surface area contributed by atoms with Gasteiger partial charge in [-0.05, 0) is 75.4 Å². The molecule has 2 aromatic rings. The number of hydrogen-bond donors (Lipinski definition) is 2. The quantitative estimate of drug-likeness (QED) is 0.457. The van der Waals surface area contributed by atoms with Gasteiger partial charge in [0.15, 0.2) is 0 Å². The molecule has 228 valence electrons. The molecule has 4 amide bonds. The summed E-state index contributed by atoms with van der Waals surface area (Å²) in [7, 11) is 1.42. The number of nitrogens with one attached hydrogen (secondary N) is 2. The Balaban J connectivity index is 1.91. The van der Waals surface area contributed by atoms with Gasteiger partial charge in [-0.15, -0.1) is 0 Å². The molecule has 0 fully saturated rings. The molecule has 9 nitrogen and oxygen atoms in total. The zero-order valence-corrected chi connectivity index (χ0v) is 25.5. The lowest BCUT2D eigenvalue weighted by Gasteiger charge is -2.39. The highest BCUT2D eigenvalue weighted by molar-refractivity contribution is 6.30. The Morgan fingerprint density at radius 1 is 1.07 bits per heavy atom. The van der Waals surface area contributed by atoms with Gasteiger partial charge in [-0.2, -0.15) is 0 Å². The fourth-order valence-electron chi connectivity index (χ4n) is 4.56. The number of fused-ring (bicyclic) bond motifs is 1. The van der Waals surface area contributed by atoms with Gasteiger partial charge in [-0.1, -0.05) is 37.6 Å². The number of likely N-dealkylation sites (N-methyl/N-ethyl adjacent to an activating group) is 1. The topological polar surface area (TPSA) is 108 Å². The fraction of sp³-hybridized carbons (Fsp3) is 0.467. The molecule has 12 heteroatoms. The van der Waals surface area contributed by atoms with E-state index >= 15 is 0 Å². The summed E-state index contributed by atoms with van der Waals surface area (Å²) in [6, 6.07) is 4.70. The van der Waals surface area contributed by atoms with E-state index in [1.165, 1.54) is 24.9 Å². The van der Waals surface area contributed by atoms with Crippen molar-refractivity contribution in [3.05, 3.63) is 64.2 Å². The Morgan fingerprint density at radius 3 is 2.26 bits per heavy atom. The molecule has 3 atom stereocenters. The minimum atomic E-state index is -1.27. The van der Waals surface area contributed by atoms with Gasteiger partial charge in [-0.3, -0.25) is 19.3 Å². The number of halogens is 3. The van der Waals surface area contributed by atoms with Crippen LogP contribution in [-0.2, 0) is 25.5 Å². The third-order valence-corrected chi connectivity index (χ3v) is 7.18. The molecule has 42 heavy (non-hydrogen) atoms. The summed E-state index contributed by atoms with van der Waals surface area (Å²) in [5.74, 6) is -4.36. The molecule has 1 aliphatic heterocycles. The molecule has 0 saturated heterocycles. The van der Waals surface area contributed by atoms with Crippen LogP contribution in [0.15, 0.2) is 36.4 Å². The summed E-state index contributed by atoms with van der Waals surface area (Å²) in [6.07, 6.45) is -0.350. The van der Waals surface area contributed by atoms with Crippen LogP contribution in [0.25, 0.3) is 0 Å². The van der Waals surface area contributed by atoms with E-state index in [2.05, 4.69) is 10.6 Å². The van der Waals surface area contributed by atoms with Crippen LogP contribution in [0, 0.1) is 17.6 Å². The second kappa shape index (κ2) is 13.1. The van der Waals surface area contributed by atoms with E-state index in [0.717, 1.165) is 17.0 Å². The molecular formula is C30H37ClF2N4O5. The third kappa shape index (κ3) is 7.56. The van der Waals surface area contributed by atoms with E-state index in [-0.39, 0.29) is 6.54 Å². The normalized spacial score (nSPS) is 16.3. The minimum absolute atomic E-state index is 0.0798. The highest BCUT2D eigenvalue weighted by atomic mass is 35.5. The van der Waals surface area contributed by atoms with Crippen molar-refractivity contribution in [1.29, 1.82) is 0 Å². The van der Waals surface area contributed by atoms with Gasteiger partial charge < -0.3 is 20.3 Å². The Kier molecular flexibility index (Phi) is 10.2. The van der Waals surface area contributed by atoms with Crippen LogP contribution >= 0.6 is 11.6 Å². The molecule has 2 N–H and O–H groups in total. The lowest BCUT2D eigenvalue weighted by atomic mass is 9.90. The molecule has 0 saturated carbocycles. The van der Waals surface area contributed by atoms with Crippen LogP contribution in [-0.4, -0.2) is 64.9 Å². The standard InChI is InChI=1S/C30H37ClF2N4O5/c1-16(2)23(34-26(38)17(3)36(7)29(41)42-30(4,5)6)28(40)37-14-13-18-15-19(31)11-12-20(18)25(37)27(39)35-24-21(32)9-8-10-22(24)33/h8-12,15-17,23,25H,13-14H2,1-7H3,(H,34,38)(H,35,39)/t17-,23-,25?/m0/s1. The smallest absolute Gasteiger partial charge is 0.410 e. The van der Waals surface area contributed by atoms with Crippen molar-refractivity contribution in [1.82, 2.24) is 15.1 Å². The summed E-state index contributed by atoms with van der Waals surface area (Å²) in [6.45, 7) is 10.1. The number of para-hydroxylation sites is 1. The highest BCUT2D eigenvalue weighted by Gasteiger charge is 2.41. The first kappa shape index (κ1) is 32.8. The maximum absolute atomic E-state index is 14.4. The first-order valence-corrected chi connectivity index (χ1v) is 14.0. The van der Waals surface area contributed by atoms with Crippen molar-refractivity contribution >= 4 is 41.1 Å². The average molecular weight is 607 g/mol. The fourth-order valence-corrected chi connectivity index (χ4v) is 4.75. The summed E-state index contributed by atoms with van der Waals surface area (Å²) in [4.78, 5) is 55.8. The van der Waals surface area contributed by atoms with E-state index in [0.29, 0.717) is 22.6 Å². The SMILES string of the molecule is CC(C)[C@H](NC(=O)[C@H](C)N(C)C(=O)OC(C)(C)C)C(=O)N1CCc2cc(Cl)ccc2C1C(=O)Nc1c(F)cccc1F. The first-order valence-electron chi connectivity index (χ1n) is 13.6. The number of hydrogen-bond acceptors (Lipinski definition) is 5. The van der Waals surface area contributed by atoms with Gasteiger partial charge >= 0.3 is 6.09 Å². The van der Waals surface area contributed by atoms with Crippen molar-refractivity contribution < 1.29 is 32.7 Å². The van der Waals surface area contributed by atoms with Gasteiger partial charge in [0, 0.05) is 18.6 Å². The molecule has 3 rings (SSSR count). The lowest BCUT2D eigenvalue weighted by Crippen LogP contribution is -2.58. The molecule has 0 bridgehead atoms. The molecule has 2 aromatic carbocycles. The van der Waals surface area contributed by atoms with Gasteiger partial charge in [0.25, 0.3) is 5.91 Å². The average Bonchev–Trinajstić information content (AvgIpc) is 2.90. The number of benzene rings is 2. The van der Waals surface area contributed by atoms with E-state index < -0.39 is 70.8 Å². The van der Waals surface area contributed by atoms with Crippen molar-refractivity contribution in [2.75, 3.05) is 18.9 Å². The molecule has 1 heterocycles. The Labute approximate surface area is 249 Å². The predicted octanol–water partition coefficient (Wildman–Crippen LogP) is 5.08. The molecule has 0 aliphatic carbocycles. The first-order chi connectivity index (χ1) is 19.5. The van der Waals surface area contributed by atoms with Crippen molar-refractivity contribution in [2.24, 2.45) is 5.92 Å². The zero-order chi connectivity index (χ0) is 31.5. The third-order valence-electron chi connectivity index (χ3n) is 6.95. The number of carbonyl (C=O) groups is 4. The van der Waals surface area contributed by atoms with Crippen LogP contribution < -0.4 is 10.6 Å². The monoisotopic (exact) mass is 606 g/mol. The summed E-state index contributed by atoms with van der Waals surface area (Å²) in [5, 5.41) is 5.45. The number of ether oxygens (including phenoxy) is 1. The van der Waals surface area contributed by atoms with Gasteiger partial charge in [0.2, 0.25) is 11.8 Å². The van der Waals surface area contributed by atoms with Crippen LogP contribution in [0.1, 0.15) is 58.7 Å². The number of amides is 4. The van der Waals surface area contributed by atoms with E-state index in [1.54, 1.807) is 52.8 Å². The van der Waals surface area contributed by atoms with Gasteiger partial charge in [-0.25, -0.2) is 13.6 Å². The van der Waals surface area contributed by atoms with Crippen molar-refractivity contribution in [2.45, 2.75) is 71.7 Å². The predicted molar refractivity (Wildman–Crippen MR) is 155 cm³/mol. The number of rotatable bonds is 7. The largest absolute Gasteiger partial charge is 0.444 e. The number of anilines is 1. The highest BCUT2D eigenvalue weighted by Crippen LogP contribution is 2.34. The molecule has 0 radical (unpaired) electrons.